The number of methoxy groups -OCH3 is 1. The summed E-state index contributed by atoms with van der Waals surface area (Å²) in [6, 6.07) is 10.9. The predicted molar refractivity (Wildman–Crippen MR) is 132 cm³/mol. The number of carbonyl (C=O) groups is 1. The van der Waals surface area contributed by atoms with E-state index >= 15 is 0 Å². The maximum atomic E-state index is 12.5. The summed E-state index contributed by atoms with van der Waals surface area (Å²) in [4.78, 5) is 18.3. The van der Waals surface area contributed by atoms with E-state index in [4.69, 9.17) is 4.74 Å². The van der Waals surface area contributed by atoms with Gasteiger partial charge in [0.2, 0.25) is 0 Å². The minimum atomic E-state index is -0.366. The van der Waals surface area contributed by atoms with Crippen molar-refractivity contribution in [2.75, 3.05) is 7.11 Å². The Labute approximate surface area is 197 Å². The maximum Gasteiger partial charge on any atom is 0.341 e. The molecule has 33 heavy (non-hydrogen) atoms. The van der Waals surface area contributed by atoms with E-state index in [0.29, 0.717) is 27.7 Å². The van der Waals surface area contributed by atoms with Gasteiger partial charge in [-0.2, -0.15) is 10.2 Å². The van der Waals surface area contributed by atoms with Crippen LogP contribution in [0.15, 0.2) is 51.6 Å². The average molecular weight is 462 g/mol. The fraction of sp³-hybridized carbons (Fsp3) is 0.308. The second kappa shape index (κ2) is 9.67. The van der Waals surface area contributed by atoms with Gasteiger partial charge in [0.25, 0.3) is 0 Å². The zero-order valence-electron chi connectivity index (χ0n) is 19.3. The number of benzene rings is 2. The molecular formula is C26H27N3O3S. The number of aryl methyl sites for hydroxylation is 2. The zero-order chi connectivity index (χ0) is 23.5. The molecule has 7 heteroatoms. The molecule has 0 aliphatic heterocycles. The van der Waals surface area contributed by atoms with Gasteiger partial charge >= 0.3 is 5.97 Å². The monoisotopic (exact) mass is 461 g/mol. The molecule has 6 nitrogen and oxygen atoms in total. The fourth-order valence-corrected chi connectivity index (χ4v) is 5.22. The first kappa shape index (κ1) is 22.9. The molecule has 1 aliphatic carbocycles. The molecule has 0 saturated carbocycles. The molecule has 0 spiro atoms. The van der Waals surface area contributed by atoms with Gasteiger partial charge in [-0.1, -0.05) is 13.0 Å². The van der Waals surface area contributed by atoms with Crippen molar-refractivity contribution in [3.05, 3.63) is 69.1 Å². The van der Waals surface area contributed by atoms with Gasteiger partial charge in [0, 0.05) is 16.7 Å². The first-order valence-electron chi connectivity index (χ1n) is 10.9. The summed E-state index contributed by atoms with van der Waals surface area (Å²) < 4.78 is 5.03. The lowest BCUT2D eigenvalue weighted by atomic mass is 9.88. The average Bonchev–Trinajstić information content (AvgIpc) is 3.16. The second-order valence-corrected chi connectivity index (χ2v) is 9.58. The summed E-state index contributed by atoms with van der Waals surface area (Å²) in [6.07, 6.45) is 4.41. The summed E-state index contributed by atoms with van der Waals surface area (Å²) in [5.74, 6) is 0.301. The van der Waals surface area contributed by atoms with Crippen LogP contribution in [0, 0.1) is 19.8 Å². The van der Waals surface area contributed by atoms with Gasteiger partial charge < -0.3 is 9.84 Å². The van der Waals surface area contributed by atoms with Crippen molar-refractivity contribution in [2.45, 2.75) is 40.0 Å². The van der Waals surface area contributed by atoms with Crippen LogP contribution < -0.4 is 0 Å². The zero-order valence-corrected chi connectivity index (χ0v) is 20.1. The Balaban J connectivity index is 1.63. The lowest BCUT2D eigenvalue weighted by Crippen LogP contribution is -2.12. The lowest BCUT2D eigenvalue weighted by molar-refractivity contribution is 0.0600. The quantitative estimate of drug-likeness (QED) is 0.249. The van der Waals surface area contributed by atoms with Gasteiger partial charge in [0.15, 0.2) is 0 Å². The number of fused-ring (bicyclic) bond motifs is 1. The highest BCUT2D eigenvalue weighted by molar-refractivity contribution is 7.16. The van der Waals surface area contributed by atoms with Crippen molar-refractivity contribution in [3.8, 4) is 5.75 Å². The number of nitrogens with zero attached hydrogens (tertiary/aromatic N) is 3. The van der Waals surface area contributed by atoms with Crippen LogP contribution in [0.2, 0.25) is 0 Å². The van der Waals surface area contributed by atoms with Gasteiger partial charge in [-0.15, -0.1) is 11.3 Å². The molecule has 1 heterocycles. The van der Waals surface area contributed by atoms with Crippen LogP contribution in [0.5, 0.6) is 5.75 Å². The summed E-state index contributed by atoms with van der Waals surface area (Å²) >= 11 is 1.53. The Kier molecular flexibility index (Phi) is 6.70. The normalized spacial score (nSPS) is 15.8. The number of hydrogen-bond donors (Lipinski definition) is 1. The first-order chi connectivity index (χ1) is 15.9. The molecule has 3 aromatic rings. The van der Waals surface area contributed by atoms with Crippen LogP contribution in [-0.4, -0.2) is 24.4 Å². The molecular weight excluding hydrogens is 434 g/mol. The van der Waals surface area contributed by atoms with Crippen molar-refractivity contribution in [2.24, 2.45) is 21.1 Å². The summed E-state index contributed by atoms with van der Waals surface area (Å²) in [5.41, 5.74) is 5.82. The molecule has 1 aromatic heterocycles. The Morgan fingerprint density at radius 1 is 1.12 bits per heavy atom. The van der Waals surface area contributed by atoms with E-state index in [1.54, 1.807) is 24.4 Å². The van der Waals surface area contributed by atoms with Crippen LogP contribution in [0.4, 0.5) is 16.4 Å². The van der Waals surface area contributed by atoms with Crippen LogP contribution in [0.3, 0.4) is 0 Å². The molecule has 0 bridgehead atoms. The van der Waals surface area contributed by atoms with Crippen LogP contribution in [0.25, 0.3) is 0 Å². The van der Waals surface area contributed by atoms with Crippen molar-refractivity contribution < 1.29 is 14.6 Å². The van der Waals surface area contributed by atoms with Crippen molar-refractivity contribution in [1.29, 1.82) is 0 Å². The molecule has 0 radical (unpaired) electrons. The standard InChI is InChI=1S/C26H27N3O3S/c1-15-5-9-21-23(11-15)33-25(24(21)26(31)32-4)27-14-18-13-20(8-10-22(18)30)29-28-19-7-6-16(2)17(3)12-19/h6-8,10,12-15,30H,5,9,11H2,1-4H3/b27-14+,29-28?. The Hall–Kier alpha value is -3.32. The Bertz CT molecular complexity index is 1260. The number of aliphatic imine (C=N–C) groups is 1. The largest absolute Gasteiger partial charge is 0.507 e. The number of hydrogen-bond acceptors (Lipinski definition) is 7. The number of thiophene rings is 1. The number of carbonyl (C=O) groups excluding carboxylic acids is 1. The van der Waals surface area contributed by atoms with Crippen molar-refractivity contribution >= 4 is 39.9 Å². The molecule has 1 N–H and O–H groups in total. The highest BCUT2D eigenvalue weighted by Gasteiger charge is 2.27. The molecule has 1 aliphatic rings. The van der Waals surface area contributed by atoms with Crippen LogP contribution >= 0.6 is 11.3 Å². The molecule has 1 atom stereocenters. The molecule has 0 amide bonds. The minimum Gasteiger partial charge on any atom is -0.507 e. The molecule has 1 unspecified atom stereocenters. The van der Waals surface area contributed by atoms with E-state index in [9.17, 15) is 9.90 Å². The van der Waals surface area contributed by atoms with Gasteiger partial charge in [0.05, 0.1) is 24.0 Å². The first-order valence-corrected chi connectivity index (χ1v) is 11.8. The molecule has 2 aromatic carbocycles. The lowest BCUT2D eigenvalue weighted by Gasteiger charge is -2.18. The summed E-state index contributed by atoms with van der Waals surface area (Å²) in [6.45, 7) is 6.31. The number of esters is 1. The van der Waals surface area contributed by atoms with Crippen molar-refractivity contribution in [1.82, 2.24) is 0 Å². The van der Waals surface area contributed by atoms with E-state index in [-0.39, 0.29) is 11.7 Å². The number of phenolic OH excluding ortho intramolecular Hbond substituents is 1. The van der Waals surface area contributed by atoms with Crippen molar-refractivity contribution in [3.63, 3.8) is 0 Å². The fourth-order valence-electron chi connectivity index (χ4n) is 3.88. The van der Waals surface area contributed by atoms with Gasteiger partial charge in [-0.3, -0.25) is 0 Å². The summed E-state index contributed by atoms with van der Waals surface area (Å²) in [5, 5.41) is 19.6. The molecule has 170 valence electrons. The Morgan fingerprint density at radius 3 is 2.58 bits per heavy atom. The van der Waals surface area contributed by atoms with E-state index in [1.807, 2.05) is 25.1 Å². The SMILES string of the molecule is COC(=O)c1c(/N=C/c2cc(N=Nc3ccc(C)c(C)c3)ccc2O)sc2c1CCC(C)C2. The predicted octanol–water partition coefficient (Wildman–Crippen LogP) is 7.15. The van der Waals surface area contributed by atoms with E-state index in [2.05, 4.69) is 29.1 Å². The van der Waals surface area contributed by atoms with Gasteiger partial charge in [-0.05, 0) is 86.1 Å². The minimum absolute atomic E-state index is 0.0819. The third-order valence-corrected chi connectivity index (χ3v) is 7.15. The van der Waals surface area contributed by atoms with E-state index in [0.717, 1.165) is 36.1 Å². The number of aromatic hydroxyl groups is 1. The Morgan fingerprint density at radius 2 is 1.85 bits per heavy atom. The molecule has 0 saturated heterocycles. The van der Waals surface area contributed by atoms with E-state index < -0.39 is 0 Å². The van der Waals surface area contributed by atoms with Crippen LogP contribution in [-0.2, 0) is 17.6 Å². The van der Waals surface area contributed by atoms with Gasteiger partial charge in [0.1, 0.15) is 10.8 Å². The smallest absolute Gasteiger partial charge is 0.341 e. The molecule has 4 rings (SSSR count). The number of azo groups is 1. The third kappa shape index (κ3) is 5.03. The topological polar surface area (TPSA) is 83.6 Å². The van der Waals surface area contributed by atoms with Crippen LogP contribution in [0.1, 0.15) is 50.8 Å². The third-order valence-electron chi connectivity index (χ3n) is 5.99. The highest BCUT2D eigenvalue weighted by atomic mass is 32.1. The number of rotatable bonds is 5. The summed E-state index contributed by atoms with van der Waals surface area (Å²) in [7, 11) is 1.39. The molecule has 0 fully saturated rings. The number of ether oxygens (including phenoxy) is 1. The maximum absolute atomic E-state index is 12.5. The highest BCUT2D eigenvalue weighted by Crippen LogP contribution is 2.41. The second-order valence-electron chi connectivity index (χ2n) is 8.49. The number of phenols is 1. The van der Waals surface area contributed by atoms with E-state index in [1.165, 1.54) is 28.9 Å². The van der Waals surface area contributed by atoms with Gasteiger partial charge in [-0.25, -0.2) is 9.79 Å².